The van der Waals surface area contributed by atoms with Crippen molar-refractivity contribution < 1.29 is 4.79 Å². The van der Waals surface area contributed by atoms with Gasteiger partial charge in [0.25, 0.3) is 0 Å². The molecule has 2 N–H and O–H groups in total. The molecule has 0 atom stereocenters. The molecular formula is C18H26N2O. The number of hydrogen-bond acceptors (Lipinski definition) is 2. The molecule has 1 aliphatic heterocycles. The van der Waals surface area contributed by atoms with Gasteiger partial charge in [0.1, 0.15) is 0 Å². The number of rotatable bonds is 5. The van der Waals surface area contributed by atoms with Gasteiger partial charge < -0.3 is 10.6 Å². The number of amides is 1. The lowest BCUT2D eigenvalue weighted by Crippen LogP contribution is -2.46. The first-order valence-corrected chi connectivity index (χ1v) is 8.30. The fourth-order valence-corrected chi connectivity index (χ4v) is 3.62. The van der Waals surface area contributed by atoms with E-state index in [2.05, 4.69) is 41.0 Å². The highest BCUT2D eigenvalue weighted by Gasteiger charge is 2.37. The molecule has 2 fully saturated rings. The van der Waals surface area contributed by atoms with E-state index in [0.29, 0.717) is 5.41 Å². The Labute approximate surface area is 127 Å². The SMILES string of the molecule is O=C(NCC1(Cc2ccccc2)CCC1)C1CCNCC1. The predicted molar refractivity (Wildman–Crippen MR) is 85.0 cm³/mol. The summed E-state index contributed by atoms with van der Waals surface area (Å²) in [6.07, 6.45) is 6.86. The van der Waals surface area contributed by atoms with Crippen LogP contribution in [0.4, 0.5) is 0 Å². The molecule has 0 bridgehead atoms. The van der Waals surface area contributed by atoms with E-state index in [1.54, 1.807) is 0 Å². The minimum Gasteiger partial charge on any atom is -0.355 e. The van der Waals surface area contributed by atoms with E-state index in [9.17, 15) is 4.79 Å². The fourth-order valence-electron chi connectivity index (χ4n) is 3.62. The Balaban J connectivity index is 1.53. The van der Waals surface area contributed by atoms with Crippen LogP contribution < -0.4 is 10.6 Å². The van der Waals surface area contributed by atoms with E-state index in [1.165, 1.54) is 24.8 Å². The molecule has 114 valence electrons. The normalized spacial score (nSPS) is 21.5. The molecular weight excluding hydrogens is 260 g/mol. The Kier molecular flexibility index (Phi) is 4.59. The van der Waals surface area contributed by atoms with Gasteiger partial charge in [0.2, 0.25) is 5.91 Å². The molecule has 2 aliphatic rings. The highest BCUT2D eigenvalue weighted by atomic mass is 16.1. The third-order valence-corrected chi connectivity index (χ3v) is 5.18. The molecule has 3 heteroatoms. The fraction of sp³-hybridized carbons (Fsp3) is 0.611. The summed E-state index contributed by atoms with van der Waals surface area (Å²) in [7, 11) is 0. The van der Waals surface area contributed by atoms with Crippen LogP contribution >= 0.6 is 0 Å². The summed E-state index contributed by atoms with van der Waals surface area (Å²) >= 11 is 0. The number of carbonyl (C=O) groups excluding carboxylic acids is 1. The summed E-state index contributed by atoms with van der Waals surface area (Å²) < 4.78 is 0. The summed E-state index contributed by atoms with van der Waals surface area (Å²) in [6, 6.07) is 10.7. The van der Waals surface area contributed by atoms with Gasteiger partial charge in [-0.15, -0.1) is 0 Å². The van der Waals surface area contributed by atoms with Crippen LogP contribution in [0.1, 0.15) is 37.7 Å². The van der Waals surface area contributed by atoms with Crippen LogP contribution in [-0.4, -0.2) is 25.5 Å². The third kappa shape index (κ3) is 3.65. The van der Waals surface area contributed by atoms with Gasteiger partial charge in [-0.1, -0.05) is 36.8 Å². The van der Waals surface area contributed by atoms with Crippen molar-refractivity contribution in [2.75, 3.05) is 19.6 Å². The van der Waals surface area contributed by atoms with E-state index in [0.717, 1.165) is 38.9 Å². The Hall–Kier alpha value is -1.35. The average molecular weight is 286 g/mol. The summed E-state index contributed by atoms with van der Waals surface area (Å²) in [6.45, 7) is 2.81. The second kappa shape index (κ2) is 6.61. The summed E-state index contributed by atoms with van der Waals surface area (Å²) in [4.78, 5) is 12.3. The van der Waals surface area contributed by atoms with Gasteiger partial charge in [-0.25, -0.2) is 0 Å². The third-order valence-electron chi connectivity index (χ3n) is 5.18. The van der Waals surface area contributed by atoms with Crippen LogP contribution in [0.25, 0.3) is 0 Å². The lowest BCUT2D eigenvalue weighted by atomic mass is 9.65. The maximum absolute atomic E-state index is 12.3. The van der Waals surface area contributed by atoms with Crippen molar-refractivity contribution in [3.8, 4) is 0 Å². The highest BCUT2D eigenvalue weighted by molar-refractivity contribution is 5.78. The molecule has 1 aliphatic carbocycles. The standard InChI is InChI=1S/C18H26N2O/c21-17(16-7-11-19-12-8-16)20-14-18(9-4-10-18)13-15-5-2-1-3-6-15/h1-3,5-6,16,19H,4,7-14H2,(H,20,21). The second-order valence-corrected chi connectivity index (χ2v) is 6.76. The van der Waals surface area contributed by atoms with Crippen molar-refractivity contribution in [1.29, 1.82) is 0 Å². The molecule has 0 radical (unpaired) electrons. The van der Waals surface area contributed by atoms with Crippen LogP contribution in [0.2, 0.25) is 0 Å². The molecule has 1 heterocycles. The summed E-state index contributed by atoms with van der Waals surface area (Å²) in [5.74, 6) is 0.496. The van der Waals surface area contributed by atoms with Crippen LogP contribution in [-0.2, 0) is 11.2 Å². The maximum Gasteiger partial charge on any atom is 0.223 e. The molecule has 3 nitrogen and oxygen atoms in total. The van der Waals surface area contributed by atoms with E-state index in [1.807, 2.05) is 0 Å². The minimum atomic E-state index is 0.222. The number of hydrogen-bond donors (Lipinski definition) is 2. The van der Waals surface area contributed by atoms with Crippen molar-refractivity contribution >= 4 is 5.91 Å². The van der Waals surface area contributed by atoms with E-state index in [4.69, 9.17) is 0 Å². The van der Waals surface area contributed by atoms with Gasteiger partial charge in [0, 0.05) is 12.5 Å². The van der Waals surface area contributed by atoms with Gasteiger partial charge in [-0.2, -0.15) is 0 Å². The molecule has 1 saturated carbocycles. The van der Waals surface area contributed by atoms with Crippen molar-refractivity contribution in [2.24, 2.45) is 11.3 Å². The molecule has 21 heavy (non-hydrogen) atoms. The first-order chi connectivity index (χ1) is 10.3. The van der Waals surface area contributed by atoms with Crippen LogP contribution in [0, 0.1) is 11.3 Å². The zero-order valence-corrected chi connectivity index (χ0v) is 12.7. The lowest BCUT2D eigenvalue weighted by Gasteiger charge is -2.42. The largest absolute Gasteiger partial charge is 0.355 e. The summed E-state index contributed by atoms with van der Waals surface area (Å²) in [5.41, 5.74) is 1.71. The summed E-state index contributed by atoms with van der Waals surface area (Å²) in [5, 5.41) is 6.57. The Morgan fingerprint density at radius 2 is 1.90 bits per heavy atom. The van der Waals surface area contributed by atoms with Crippen LogP contribution in [0.15, 0.2) is 30.3 Å². The monoisotopic (exact) mass is 286 g/mol. The number of nitrogens with one attached hydrogen (secondary N) is 2. The average Bonchev–Trinajstić information content (AvgIpc) is 2.51. The van der Waals surface area contributed by atoms with Gasteiger partial charge >= 0.3 is 0 Å². The van der Waals surface area contributed by atoms with Gasteiger partial charge in [0.05, 0.1) is 0 Å². The number of carbonyl (C=O) groups is 1. The Bertz CT molecular complexity index is 461. The smallest absolute Gasteiger partial charge is 0.223 e. The Morgan fingerprint density at radius 3 is 2.52 bits per heavy atom. The number of piperidine rings is 1. The topological polar surface area (TPSA) is 41.1 Å². The molecule has 1 amide bonds. The van der Waals surface area contributed by atoms with Gasteiger partial charge in [-0.3, -0.25) is 4.79 Å². The first kappa shape index (κ1) is 14.6. The van der Waals surface area contributed by atoms with Crippen molar-refractivity contribution in [2.45, 2.75) is 38.5 Å². The molecule has 1 aromatic rings. The molecule has 3 rings (SSSR count). The van der Waals surface area contributed by atoms with E-state index in [-0.39, 0.29) is 11.8 Å². The van der Waals surface area contributed by atoms with Gasteiger partial charge in [-0.05, 0) is 56.2 Å². The maximum atomic E-state index is 12.3. The molecule has 1 saturated heterocycles. The molecule has 0 unspecified atom stereocenters. The molecule has 1 aromatic carbocycles. The zero-order chi connectivity index (χ0) is 14.5. The first-order valence-electron chi connectivity index (χ1n) is 8.30. The number of benzene rings is 1. The van der Waals surface area contributed by atoms with E-state index >= 15 is 0 Å². The minimum absolute atomic E-state index is 0.222. The van der Waals surface area contributed by atoms with Crippen LogP contribution in [0.5, 0.6) is 0 Å². The van der Waals surface area contributed by atoms with Crippen molar-refractivity contribution in [3.63, 3.8) is 0 Å². The second-order valence-electron chi connectivity index (χ2n) is 6.76. The van der Waals surface area contributed by atoms with Gasteiger partial charge in [0.15, 0.2) is 0 Å². The zero-order valence-electron chi connectivity index (χ0n) is 12.7. The highest BCUT2D eigenvalue weighted by Crippen LogP contribution is 2.43. The molecule has 0 aromatic heterocycles. The Morgan fingerprint density at radius 1 is 1.19 bits per heavy atom. The van der Waals surface area contributed by atoms with E-state index < -0.39 is 0 Å². The van der Waals surface area contributed by atoms with Crippen molar-refractivity contribution in [3.05, 3.63) is 35.9 Å². The quantitative estimate of drug-likeness (QED) is 0.873. The lowest BCUT2D eigenvalue weighted by molar-refractivity contribution is -0.126. The van der Waals surface area contributed by atoms with Crippen molar-refractivity contribution in [1.82, 2.24) is 10.6 Å². The van der Waals surface area contributed by atoms with Crippen LogP contribution in [0.3, 0.4) is 0 Å². The predicted octanol–water partition coefficient (Wildman–Crippen LogP) is 2.52. The molecule has 0 spiro atoms.